The van der Waals surface area contributed by atoms with E-state index in [4.69, 9.17) is 11.6 Å². The van der Waals surface area contributed by atoms with Gasteiger partial charge in [0.1, 0.15) is 16.0 Å². The number of sulfone groups is 1. The zero-order valence-corrected chi connectivity index (χ0v) is 19.5. The molecule has 0 bridgehead atoms. The summed E-state index contributed by atoms with van der Waals surface area (Å²) >= 11 is 7.08. The Morgan fingerprint density at radius 3 is 2.45 bits per heavy atom. The van der Waals surface area contributed by atoms with Crippen LogP contribution >= 0.6 is 22.9 Å². The highest BCUT2D eigenvalue weighted by Crippen LogP contribution is 2.35. The molecule has 0 saturated heterocycles. The highest BCUT2D eigenvalue weighted by Gasteiger charge is 2.33. The van der Waals surface area contributed by atoms with Crippen molar-refractivity contribution in [3.05, 3.63) is 34.3 Å². The normalized spacial score (nSPS) is 15.9. The number of hydrogen-bond acceptors (Lipinski definition) is 7. The van der Waals surface area contributed by atoms with E-state index in [1.807, 2.05) is 0 Å². The van der Waals surface area contributed by atoms with Crippen LogP contribution in [0.25, 0.3) is 0 Å². The first kappa shape index (κ1) is 23.6. The van der Waals surface area contributed by atoms with Gasteiger partial charge in [-0.3, -0.25) is 14.9 Å². The Hall–Kier alpha value is -2.04. The van der Waals surface area contributed by atoms with Crippen LogP contribution in [0.4, 0.5) is 10.8 Å². The summed E-state index contributed by atoms with van der Waals surface area (Å²) in [5.41, 5.74) is 0.422. The van der Waals surface area contributed by atoms with Gasteiger partial charge >= 0.3 is 0 Å². The number of rotatable bonds is 8. The molecule has 0 spiro atoms. The smallest absolute Gasteiger partial charge is 0.244 e. The van der Waals surface area contributed by atoms with Crippen LogP contribution in [0.15, 0.2) is 24.3 Å². The Morgan fingerprint density at radius 2 is 1.81 bits per heavy atom. The number of hydrogen-bond donors (Lipinski definition) is 2. The molecule has 1 aliphatic carbocycles. The molecule has 2 N–H and O–H groups in total. The molecule has 1 fully saturated rings. The molecule has 168 valence electrons. The fraction of sp³-hybridized carbons (Fsp3) is 0.500. The van der Waals surface area contributed by atoms with Crippen LogP contribution < -0.4 is 10.6 Å². The first-order chi connectivity index (χ1) is 14.8. The lowest BCUT2D eigenvalue weighted by molar-refractivity contribution is -0.115. The molecule has 1 aromatic heterocycles. The maximum atomic E-state index is 12.7. The minimum absolute atomic E-state index is 0.0384. The van der Waals surface area contributed by atoms with Crippen LogP contribution in [0.5, 0.6) is 0 Å². The van der Waals surface area contributed by atoms with Gasteiger partial charge in [0.05, 0.1) is 0 Å². The van der Waals surface area contributed by atoms with Gasteiger partial charge in [0.15, 0.2) is 9.84 Å². The van der Waals surface area contributed by atoms with Crippen LogP contribution in [0.2, 0.25) is 5.02 Å². The molecule has 1 saturated carbocycles. The molecule has 1 aliphatic rings. The summed E-state index contributed by atoms with van der Waals surface area (Å²) in [6, 6.07) is 6.29. The van der Waals surface area contributed by atoms with Crippen LogP contribution in [0, 0.1) is 0 Å². The number of aromatic nitrogens is 2. The predicted octanol–water partition coefficient (Wildman–Crippen LogP) is 4.01. The molecule has 3 rings (SSSR count). The summed E-state index contributed by atoms with van der Waals surface area (Å²) in [5.74, 6) is -1.87. The molecule has 2 aromatic rings. The molecule has 1 heterocycles. The predicted molar refractivity (Wildman–Crippen MR) is 122 cm³/mol. The number of carbonyl (C=O) groups is 2. The summed E-state index contributed by atoms with van der Waals surface area (Å²) in [6.45, 7) is 1.59. The third-order valence-electron chi connectivity index (χ3n) is 5.18. The Morgan fingerprint density at radius 1 is 1.13 bits per heavy atom. The summed E-state index contributed by atoms with van der Waals surface area (Å²) < 4.78 is 25.5. The molecule has 0 aliphatic heterocycles. The van der Waals surface area contributed by atoms with Crippen molar-refractivity contribution in [2.75, 3.05) is 16.4 Å². The summed E-state index contributed by atoms with van der Waals surface area (Å²) in [6.07, 6.45) is 5.67. The van der Waals surface area contributed by atoms with Crippen molar-refractivity contribution in [1.82, 2.24) is 10.2 Å². The standard InChI is InChI=1S/C20H25ClN4O4S2/c1-2-16(31(28,29)12-17(26)22-15-10-8-14(21)9-11-15)18(27)23-20-25-24-19(30-20)13-6-4-3-5-7-13/h8-11,13,16H,2-7,12H2,1H3,(H,22,26)(H,23,25,27). The summed E-state index contributed by atoms with van der Waals surface area (Å²) in [7, 11) is -4.03. The topological polar surface area (TPSA) is 118 Å². The summed E-state index contributed by atoms with van der Waals surface area (Å²) in [4.78, 5) is 24.9. The van der Waals surface area contributed by atoms with Crippen molar-refractivity contribution in [2.45, 2.75) is 56.6 Å². The lowest BCUT2D eigenvalue weighted by Gasteiger charge is -2.18. The van der Waals surface area contributed by atoms with Gasteiger partial charge in [0.25, 0.3) is 0 Å². The highest BCUT2D eigenvalue weighted by atomic mass is 35.5. The SMILES string of the molecule is CCC(C(=O)Nc1nnc(C2CCCCC2)s1)S(=O)(=O)CC(=O)Nc1ccc(Cl)cc1. The first-order valence-electron chi connectivity index (χ1n) is 10.2. The van der Waals surface area contributed by atoms with E-state index in [0.717, 1.165) is 30.7 Å². The maximum absolute atomic E-state index is 12.7. The fourth-order valence-electron chi connectivity index (χ4n) is 3.60. The van der Waals surface area contributed by atoms with E-state index >= 15 is 0 Å². The van der Waals surface area contributed by atoms with Crippen LogP contribution in [0.1, 0.15) is 56.4 Å². The number of nitrogens with zero attached hydrogens (tertiary/aromatic N) is 2. The van der Waals surface area contributed by atoms with Gasteiger partial charge < -0.3 is 5.32 Å². The molecule has 1 unspecified atom stereocenters. The van der Waals surface area contributed by atoms with Crippen molar-refractivity contribution < 1.29 is 18.0 Å². The van der Waals surface area contributed by atoms with Crippen LogP contribution in [-0.4, -0.2) is 41.4 Å². The molecule has 8 nitrogen and oxygen atoms in total. The van der Waals surface area contributed by atoms with Gasteiger partial charge in [-0.25, -0.2) is 8.42 Å². The third-order valence-corrected chi connectivity index (χ3v) is 8.51. The Bertz CT molecular complexity index is 1020. The van der Waals surface area contributed by atoms with E-state index in [2.05, 4.69) is 20.8 Å². The monoisotopic (exact) mass is 484 g/mol. The van der Waals surface area contributed by atoms with Crippen molar-refractivity contribution in [3.8, 4) is 0 Å². The lowest BCUT2D eigenvalue weighted by atomic mass is 9.90. The third kappa shape index (κ3) is 6.47. The molecule has 11 heteroatoms. The quantitative estimate of drug-likeness (QED) is 0.584. The molecule has 2 amide bonds. The molecule has 0 radical (unpaired) electrons. The Balaban J connectivity index is 1.61. The van der Waals surface area contributed by atoms with E-state index in [-0.39, 0.29) is 11.6 Å². The molecule has 31 heavy (non-hydrogen) atoms. The Labute approximate surface area is 190 Å². The zero-order valence-electron chi connectivity index (χ0n) is 17.1. The minimum atomic E-state index is -4.03. The van der Waals surface area contributed by atoms with Crippen molar-refractivity contribution in [3.63, 3.8) is 0 Å². The number of amides is 2. The first-order valence-corrected chi connectivity index (χ1v) is 13.1. The van der Waals surface area contributed by atoms with Gasteiger partial charge in [-0.05, 0) is 43.5 Å². The number of carbonyl (C=O) groups excluding carboxylic acids is 2. The highest BCUT2D eigenvalue weighted by molar-refractivity contribution is 7.93. The van der Waals surface area contributed by atoms with Crippen LogP contribution in [0.3, 0.4) is 0 Å². The van der Waals surface area contributed by atoms with Crippen molar-refractivity contribution in [2.24, 2.45) is 0 Å². The number of halogens is 1. The van der Waals surface area contributed by atoms with Gasteiger partial charge in [0.2, 0.25) is 16.9 Å². The average Bonchev–Trinajstić information content (AvgIpc) is 3.18. The maximum Gasteiger partial charge on any atom is 0.244 e. The van der Waals surface area contributed by atoms with Gasteiger partial charge in [-0.15, -0.1) is 10.2 Å². The van der Waals surface area contributed by atoms with E-state index < -0.39 is 32.7 Å². The number of nitrogens with one attached hydrogen (secondary N) is 2. The molecular formula is C20H25ClN4O4S2. The Kier molecular flexibility index (Phi) is 8.01. The fourth-order valence-corrected chi connectivity index (χ4v) is 6.17. The largest absolute Gasteiger partial charge is 0.325 e. The second-order valence-electron chi connectivity index (χ2n) is 7.53. The van der Waals surface area contributed by atoms with Gasteiger partial charge in [0, 0.05) is 16.6 Å². The lowest BCUT2D eigenvalue weighted by Crippen LogP contribution is -2.39. The van der Waals surface area contributed by atoms with Gasteiger partial charge in [-0.2, -0.15) is 0 Å². The van der Waals surface area contributed by atoms with Crippen LogP contribution in [-0.2, 0) is 19.4 Å². The second-order valence-corrected chi connectivity index (χ2v) is 11.2. The second kappa shape index (κ2) is 10.5. The van der Waals surface area contributed by atoms with E-state index in [1.165, 1.54) is 17.8 Å². The van der Waals surface area contributed by atoms with Crippen molar-refractivity contribution in [1.29, 1.82) is 0 Å². The summed E-state index contributed by atoms with van der Waals surface area (Å²) in [5, 5.41) is 13.5. The molecule has 1 atom stereocenters. The van der Waals surface area contributed by atoms with E-state index in [9.17, 15) is 18.0 Å². The molecular weight excluding hydrogens is 460 g/mol. The van der Waals surface area contributed by atoms with E-state index in [0.29, 0.717) is 16.6 Å². The van der Waals surface area contributed by atoms with Gasteiger partial charge in [-0.1, -0.05) is 49.1 Å². The molecule has 1 aromatic carbocycles. The minimum Gasteiger partial charge on any atom is -0.325 e. The number of anilines is 2. The zero-order chi connectivity index (χ0) is 22.4. The van der Waals surface area contributed by atoms with Crippen molar-refractivity contribution >= 4 is 55.4 Å². The van der Waals surface area contributed by atoms with E-state index in [1.54, 1.807) is 31.2 Å². The average molecular weight is 485 g/mol. The number of benzene rings is 1.